The monoisotopic (exact) mass is 364 g/mol. The number of hydrogen-bond donors (Lipinski definition) is 0. The van der Waals surface area contributed by atoms with Gasteiger partial charge in [-0.05, 0) is 23.7 Å². The van der Waals surface area contributed by atoms with Crippen molar-refractivity contribution in [3.63, 3.8) is 0 Å². The van der Waals surface area contributed by atoms with E-state index in [0.717, 1.165) is 22.3 Å². The third-order valence-electron chi connectivity index (χ3n) is 2.35. The minimum Gasteiger partial charge on any atom is -1.00 e. The van der Waals surface area contributed by atoms with E-state index in [2.05, 4.69) is 37.6 Å². The Morgan fingerprint density at radius 3 is 2.65 bits per heavy atom. The van der Waals surface area contributed by atoms with Crippen molar-refractivity contribution in [3.8, 4) is 5.88 Å². The fraction of sp³-hybridized carbons (Fsp3) is 0.417. The zero-order chi connectivity index (χ0) is 11.6. The summed E-state index contributed by atoms with van der Waals surface area (Å²) in [6, 6.07) is 8.17. The molecule has 0 unspecified atom stereocenters. The molecule has 94 valence electrons. The van der Waals surface area contributed by atoms with E-state index in [1.54, 1.807) is 0 Å². The Morgan fingerprint density at radius 2 is 1.94 bits per heavy atom. The van der Waals surface area contributed by atoms with Gasteiger partial charge in [-0.2, -0.15) is 4.37 Å². The number of aromatic nitrogens is 1. The third kappa shape index (κ3) is 4.08. The molecule has 0 fully saturated rings. The van der Waals surface area contributed by atoms with Crippen molar-refractivity contribution in [2.24, 2.45) is 0 Å². The van der Waals surface area contributed by atoms with E-state index >= 15 is 0 Å². The van der Waals surface area contributed by atoms with Crippen molar-refractivity contribution in [1.82, 2.24) is 4.37 Å². The first kappa shape index (κ1) is 14.7. The average molecular weight is 364 g/mol. The molecule has 0 spiro atoms. The topological polar surface area (TPSA) is 22.1 Å². The highest BCUT2D eigenvalue weighted by Crippen LogP contribution is 2.27. The second-order valence-corrected chi connectivity index (χ2v) is 5.65. The van der Waals surface area contributed by atoms with E-state index in [1.807, 2.05) is 12.1 Å². The van der Waals surface area contributed by atoms with Crippen LogP contribution in [0.5, 0.6) is 5.88 Å². The van der Waals surface area contributed by atoms with E-state index < -0.39 is 0 Å². The standard InChI is InChI=1S/C12H17N2OS.HI/c1-14(2,3)8-9-15-12-10-6-4-5-7-11(10)16-13-12;/h4-7H,8-9H2,1-3H3;1H/q+1;/p-1. The van der Waals surface area contributed by atoms with Crippen LogP contribution in [0, 0.1) is 0 Å². The average Bonchev–Trinajstić information content (AvgIpc) is 2.60. The van der Waals surface area contributed by atoms with Gasteiger partial charge >= 0.3 is 0 Å². The van der Waals surface area contributed by atoms with Gasteiger partial charge < -0.3 is 33.2 Å². The van der Waals surface area contributed by atoms with Crippen molar-refractivity contribution >= 4 is 21.6 Å². The van der Waals surface area contributed by atoms with Crippen molar-refractivity contribution in [2.45, 2.75) is 0 Å². The van der Waals surface area contributed by atoms with E-state index in [-0.39, 0.29) is 24.0 Å². The van der Waals surface area contributed by atoms with Gasteiger partial charge in [-0.25, -0.2) is 0 Å². The number of benzene rings is 1. The van der Waals surface area contributed by atoms with E-state index in [1.165, 1.54) is 16.2 Å². The van der Waals surface area contributed by atoms with Crippen LogP contribution in [0.4, 0.5) is 0 Å². The quantitative estimate of drug-likeness (QED) is 0.533. The third-order valence-corrected chi connectivity index (χ3v) is 3.16. The van der Waals surface area contributed by atoms with E-state index in [4.69, 9.17) is 4.74 Å². The van der Waals surface area contributed by atoms with Crippen molar-refractivity contribution in [1.29, 1.82) is 0 Å². The molecule has 5 heteroatoms. The maximum Gasteiger partial charge on any atom is 0.233 e. The van der Waals surface area contributed by atoms with Gasteiger partial charge in [0, 0.05) is 0 Å². The molecule has 3 nitrogen and oxygen atoms in total. The van der Waals surface area contributed by atoms with Gasteiger partial charge in [0.2, 0.25) is 5.88 Å². The van der Waals surface area contributed by atoms with Crippen molar-refractivity contribution in [2.75, 3.05) is 34.3 Å². The Morgan fingerprint density at radius 1 is 1.24 bits per heavy atom. The summed E-state index contributed by atoms with van der Waals surface area (Å²) in [6.45, 7) is 1.68. The first-order chi connectivity index (χ1) is 7.56. The van der Waals surface area contributed by atoms with Crippen LogP contribution < -0.4 is 28.7 Å². The Kier molecular flexibility index (Phi) is 5.15. The van der Waals surface area contributed by atoms with Gasteiger partial charge in [-0.15, -0.1) is 0 Å². The first-order valence-electron chi connectivity index (χ1n) is 5.34. The number of hydrogen-bond acceptors (Lipinski definition) is 3. The Hall–Kier alpha value is -0.400. The molecule has 17 heavy (non-hydrogen) atoms. The van der Waals surface area contributed by atoms with Crippen molar-refractivity contribution in [3.05, 3.63) is 24.3 Å². The molecule has 0 aliphatic heterocycles. The summed E-state index contributed by atoms with van der Waals surface area (Å²) in [5.41, 5.74) is 0. The second-order valence-electron chi connectivity index (χ2n) is 4.85. The lowest BCUT2D eigenvalue weighted by atomic mass is 10.3. The second kappa shape index (κ2) is 5.97. The van der Waals surface area contributed by atoms with Crippen LogP contribution in [0.25, 0.3) is 10.1 Å². The highest BCUT2D eigenvalue weighted by Gasteiger charge is 2.10. The number of nitrogens with zero attached hydrogens (tertiary/aromatic N) is 2. The molecule has 2 aromatic rings. The molecule has 0 saturated carbocycles. The van der Waals surface area contributed by atoms with E-state index in [0.29, 0.717) is 6.61 Å². The lowest BCUT2D eigenvalue weighted by Gasteiger charge is -2.23. The highest BCUT2D eigenvalue weighted by molar-refractivity contribution is 7.13. The number of rotatable bonds is 4. The summed E-state index contributed by atoms with van der Waals surface area (Å²) in [7, 11) is 6.47. The number of fused-ring (bicyclic) bond motifs is 1. The van der Waals surface area contributed by atoms with Crippen LogP contribution in [0.2, 0.25) is 0 Å². The lowest BCUT2D eigenvalue weighted by molar-refractivity contribution is -0.870. The maximum absolute atomic E-state index is 5.72. The van der Waals surface area contributed by atoms with E-state index in [9.17, 15) is 0 Å². The molecule has 0 atom stereocenters. The Bertz CT molecular complexity index is 479. The zero-order valence-corrected chi connectivity index (χ0v) is 13.3. The molecule has 0 amide bonds. The molecular formula is C12H17IN2OS. The van der Waals surface area contributed by atoms with Crippen LogP contribution in [0.15, 0.2) is 24.3 Å². The predicted molar refractivity (Wildman–Crippen MR) is 68.0 cm³/mol. The molecular weight excluding hydrogens is 347 g/mol. The molecule has 0 N–H and O–H groups in total. The Labute approximate surface area is 123 Å². The predicted octanol–water partition coefficient (Wildman–Crippen LogP) is -0.615. The smallest absolute Gasteiger partial charge is 0.233 e. The fourth-order valence-electron chi connectivity index (χ4n) is 1.38. The largest absolute Gasteiger partial charge is 1.00 e. The number of halogens is 1. The number of ether oxygens (including phenoxy) is 1. The highest BCUT2D eigenvalue weighted by atomic mass is 127. The number of quaternary nitrogens is 1. The van der Waals surface area contributed by atoms with Crippen LogP contribution >= 0.6 is 11.5 Å². The van der Waals surface area contributed by atoms with Crippen LogP contribution in [-0.4, -0.2) is 43.2 Å². The van der Waals surface area contributed by atoms with Gasteiger partial charge in [0.15, 0.2) is 0 Å². The molecule has 0 aliphatic carbocycles. The number of likely N-dealkylation sites (N-methyl/N-ethyl adjacent to an activating group) is 1. The van der Waals surface area contributed by atoms with Gasteiger partial charge in [0.25, 0.3) is 0 Å². The Balaban J connectivity index is 0.00000144. The zero-order valence-electron chi connectivity index (χ0n) is 10.3. The van der Waals surface area contributed by atoms with Gasteiger partial charge in [0.05, 0.1) is 31.2 Å². The molecule has 0 bridgehead atoms. The summed E-state index contributed by atoms with van der Waals surface area (Å²) in [5.74, 6) is 0.772. The van der Waals surface area contributed by atoms with Crippen LogP contribution in [-0.2, 0) is 0 Å². The van der Waals surface area contributed by atoms with Crippen LogP contribution in [0.1, 0.15) is 0 Å². The maximum atomic E-state index is 5.72. The first-order valence-corrected chi connectivity index (χ1v) is 6.11. The SMILES string of the molecule is C[N+](C)(C)CCOc1nsc2ccccc12.[I-]. The normalized spacial score (nSPS) is 11.2. The molecule has 2 rings (SSSR count). The molecule has 0 aliphatic rings. The fourth-order valence-corrected chi connectivity index (χ4v) is 2.11. The van der Waals surface area contributed by atoms with Gasteiger partial charge in [0.1, 0.15) is 13.2 Å². The minimum atomic E-state index is 0. The molecule has 0 saturated heterocycles. The van der Waals surface area contributed by atoms with Gasteiger partial charge in [-0.3, -0.25) is 0 Å². The lowest BCUT2D eigenvalue weighted by Crippen LogP contribution is -3.00. The summed E-state index contributed by atoms with van der Waals surface area (Å²) in [5, 5.41) is 1.12. The van der Waals surface area contributed by atoms with Gasteiger partial charge in [-0.1, -0.05) is 12.1 Å². The summed E-state index contributed by atoms with van der Waals surface area (Å²) in [4.78, 5) is 0. The molecule has 1 heterocycles. The molecule has 1 aromatic carbocycles. The molecule has 0 radical (unpaired) electrons. The van der Waals surface area contributed by atoms with Crippen LogP contribution in [0.3, 0.4) is 0 Å². The minimum absolute atomic E-state index is 0. The summed E-state index contributed by atoms with van der Waals surface area (Å²) in [6.07, 6.45) is 0. The summed E-state index contributed by atoms with van der Waals surface area (Å²) < 4.78 is 12.1. The summed E-state index contributed by atoms with van der Waals surface area (Å²) >= 11 is 1.49. The van der Waals surface area contributed by atoms with Crippen molar-refractivity contribution < 1.29 is 33.2 Å². The molecule has 1 aromatic heterocycles.